The Balaban J connectivity index is 1.18. The van der Waals surface area contributed by atoms with Crippen molar-refractivity contribution in [2.45, 2.75) is 0 Å². The van der Waals surface area contributed by atoms with Crippen LogP contribution in [-0.2, 0) is 0 Å². The zero-order valence-corrected chi connectivity index (χ0v) is 31.7. The lowest BCUT2D eigenvalue weighted by Gasteiger charge is -2.28. The van der Waals surface area contributed by atoms with E-state index in [1.807, 2.05) is 0 Å². The zero-order valence-electron chi connectivity index (χ0n) is 31.7. The van der Waals surface area contributed by atoms with E-state index < -0.39 is 0 Å². The Morgan fingerprint density at radius 1 is 0.310 bits per heavy atom. The highest BCUT2D eigenvalue weighted by atomic mass is 15.2. The molecule has 12 rings (SSSR count). The molecule has 270 valence electrons. The zero-order chi connectivity index (χ0) is 38.2. The van der Waals surface area contributed by atoms with Gasteiger partial charge in [0.05, 0.1) is 16.7 Å². The van der Waals surface area contributed by atoms with Crippen molar-refractivity contribution in [1.82, 2.24) is 4.57 Å². The minimum absolute atomic E-state index is 1.10. The van der Waals surface area contributed by atoms with Crippen LogP contribution in [0, 0.1) is 0 Å². The summed E-state index contributed by atoms with van der Waals surface area (Å²) in [5, 5.41) is 14.9. The van der Waals surface area contributed by atoms with E-state index in [1.54, 1.807) is 0 Å². The number of nitrogens with zero attached hydrogens (tertiary/aromatic N) is 2. The molecule has 0 fully saturated rings. The molecule has 2 heteroatoms. The van der Waals surface area contributed by atoms with Crippen LogP contribution in [0.4, 0.5) is 17.1 Å². The number of fused-ring (bicyclic) bond motifs is 11. The second-order valence-electron chi connectivity index (χ2n) is 15.3. The second-order valence-corrected chi connectivity index (χ2v) is 15.3. The van der Waals surface area contributed by atoms with Crippen molar-refractivity contribution < 1.29 is 0 Å². The molecular weight excluding hydrogens is 701 g/mol. The Kier molecular flexibility index (Phi) is 7.26. The fourth-order valence-electron chi connectivity index (χ4n) is 9.48. The van der Waals surface area contributed by atoms with E-state index >= 15 is 0 Å². The van der Waals surface area contributed by atoms with Gasteiger partial charge in [-0.05, 0) is 120 Å². The largest absolute Gasteiger partial charge is 0.308 e. The highest BCUT2D eigenvalue weighted by molar-refractivity contribution is 6.20. The summed E-state index contributed by atoms with van der Waals surface area (Å²) < 4.78 is 2.44. The molecule has 0 N–H and O–H groups in total. The molecule has 0 amide bonds. The summed E-state index contributed by atoms with van der Waals surface area (Å²) >= 11 is 0. The van der Waals surface area contributed by atoms with Crippen LogP contribution < -0.4 is 4.90 Å². The molecular formula is C56H36N2. The summed E-state index contributed by atoms with van der Waals surface area (Å²) in [6, 6.07) is 80.2. The molecule has 0 unspecified atom stereocenters. The van der Waals surface area contributed by atoms with E-state index in [-0.39, 0.29) is 0 Å². The highest BCUT2D eigenvalue weighted by Gasteiger charge is 2.23. The van der Waals surface area contributed by atoms with Crippen LogP contribution in [0.3, 0.4) is 0 Å². The molecule has 11 aromatic carbocycles. The average molecular weight is 737 g/mol. The van der Waals surface area contributed by atoms with Gasteiger partial charge in [0.25, 0.3) is 0 Å². The number of hydrogen-bond donors (Lipinski definition) is 0. The van der Waals surface area contributed by atoms with Crippen LogP contribution in [-0.4, -0.2) is 4.57 Å². The smallest absolute Gasteiger partial charge is 0.0782 e. The Hall–Kier alpha value is -7.68. The van der Waals surface area contributed by atoms with E-state index in [1.165, 1.54) is 86.8 Å². The van der Waals surface area contributed by atoms with Gasteiger partial charge in [-0.1, -0.05) is 164 Å². The fourth-order valence-corrected chi connectivity index (χ4v) is 9.48. The van der Waals surface area contributed by atoms with Gasteiger partial charge < -0.3 is 9.47 Å². The maximum atomic E-state index is 2.49. The first-order valence-corrected chi connectivity index (χ1v) is 20.0. The van der Waals surface area contributed by atoms with Crippen molar-refractivity contribution in [1.29, 1.82) is 0 Å². The number of aromatic nitrogens is 1. The quantitative estimate of drug-likeness (QED) is 0.160. The van der Waals surface area contributed by atoms with Crippen LogP contribution in [0.25, 0.3) is 92.5 Å². The van der Waals surface area contributed by atoms with E-state index in [2.05, 4.69) is 228 Å². The minimum atomic E-state index is 1.10. The summed E-state index contributed by atoms with van der Waals surface area (Å²) in [5.74, 6) is 0. The lowest BCUT2D eigenvalue weighted by Crippen LogP contribution is -2.12. The molecule has 2 nitrogen and oxygen atoms in total. The Bertz CT molecular complexity index is 3560. The minimum Gasteiger partial charge on any atom is -0.308 e. The van der Waals surface area contributed by atoms with Crippen LogP contribution in [0.2, 0.25) is 0 Å². The predicted octanol–water partition coefficient (Wildman–Crippen LogP) is 15.7. The first kappa shape index (κ1) is 32.6. The molecule has 0 spiro atoms. The summed E-state index contributed by atoms with van der Waals surface area (Å²) in [6.45, 7) is 0. The maximum absolute atomic E-state index is 2.49. The highest BCUT2D eigenvalue weighted by Crippen LogP contribution is 2.46. The predicted molar refractivity (Wildman–Crippen MR) is 248 cm³/mol. The number of hydrogen-bond acceptors (Lipinski definition) is 1. The number of para-hydroxylation sites is 3. The topological polar surface area (TPSA) is 8.17 Å². The Labute approximate surface area is 336 Å². The molecule has 0 aliphatic heterocycles. The molecule has 0 saturated heterocycles. The van der Waals surface area contributed by atoms with Gasteiger partial charge >= 0.3 is 0 Å². The van der Waals surface area contributed by atoms with E-state index in [4.69, 9.17) is 0 Å². The Morgan fingerprint density at radius 3 is 1.62 bits per heavy atom. The molecule has 0 aliphatic rings. The van der Waals surface area contributed by atoms with Crippen LogP contribution in [0.5, 0.6) is 0 Å². The lowest BCUT2D eigenvalue weighted by atomic mass is 9.93. The summed E-state index contributed by atoms with van der Waals surface area (Å²) in [4.78, 5) is 2.49. The standard InChI is InChI=1S/C56H36N2/c1-3-14-37(15-4-1)51-34-40-27-31-43(36-53(40)46-21-10-9-20-45(46)51)57(42-30-26-39-29-32-47-44-19-8-7-16-38(44)28-33-48(47)52(39)35-42)55-25-13-23-50-49-22-11-12-24-54(49)58(56(50)55)41-17-5-2-6-18-41/h1-36H. The molecule has 0 atom stereocenters. The molecule has 1 aromatic heterocycles. The van der Waals surface area contributed by atoms with Crippen molar-refractivity contribution in [3.8, 4) is 16.8 Å². The van der Waals surface area contributed by atoms with Gasteiger partial charge in [-0.15, -0.1) is 0 Å². The third-order valence-corrected chi connectivity index (χ3v) is 12.1. The summed E-state index contributed by atoms with van der Waals surface area (Å²) in [7, 11) is 0. The monoisotopic (exact) mass is 736 g/mol. The van der Waals surface area contributed by atoms with Gasteiger partial charge in [-0.2, -0.15) is 0 Å². The maximum Gasteiger partial charge on any atom is 0.0782 e. The molecule has 0 saturated carbocycles. The number of benzene rings is 11. The number of anilines is 3. The molecule has 58 heavy (non-hydrogen) atoms. The van der Waals surface area contributed by atoms with Crippen molar-refractivity contribution in [3.05, 3.63) is 218 Å². The van der Waals surface area contributed by atoms with Crippen LogP contribution in [0.1, 0.15) is 0 Å². The van der Waals surface area contributed by atoms with Crippen molar-refractivity contribution in [2.24, 2.45) is 0 Å². The molecule has 12 aromatic rings. The fraction of sp³-hybridized carbons (Fsp3) is 0. The van der Waals surface area contributed by atoms with Gasteiger partial charge in [-0.3, -0.25) is 0 Å². The van der Waals surface area contributed by atoms with Gasteiger partial charge in [-0.25, -0.2) is 0 Å². The van der Waals surface area contributed by atoms with Crippen LogP contribution >= 0.6 is 0 Å². The SMILES string of the molecule is c1ccc(-c2cc3ccc(N(c4ccc5ccc6c7ccccc7ccc6c5c4)c4cccc5c6ccccc6n(-c6ccccc6)c45)cc3c3ccccc23)cc1. The Morgan fingerprint density at radius 2 is 0.845 bits per heavy atom. The average Bonchev–Trinajstić information content (AvgIpc) is 3.64. The van der Waals surface area contributed by atoms with Crippen molar-refractivity contribution >= 4 is 92.7 Å². The first-order chi connectivity index (χ1) is 28.8. The summed E-state index contributed by atoms with van der Waals surface area (Å²) in [5.41, 5.74) is 9.29. The van der Waals surface area contributed by atoms with E-state index in [0.717, 1.165) is 22.7 Å². The molecule has 0 aliphatic carbocycles. The van der Waals surface area contributed by atoms with Gasteiger partial charge in [0.2, 0.25) is 0 Å². The van der Waals surface area contributed by atoms with E-state index in [9.17, 15) is 0 Å². The number of rotatable bonds is 5. The summed E-state index contributed by atoms with van der Waals surface area (Å²) in [6.07, 6.45) is 0. The van der Waals surface area contributed by atoms with E-state index in [0.29, 0.717) is 0 Å². The van der Waals surface area contributed by atoms with Crippen molar-refractivity contribution in [2.75, 3.05) is 4.90 Å². The first-order valence-electron chi connectivity index (χ1n) is 20.0. The third-order valence-electron chi connectivity index (χ3n) is 12.1. The van der Waals surface area contributed by atoms with Crippen LogP contribution in [0.15, 0.2) is 218 Å². The second kappa shape index (κ2) is 12.9. The van der Waals surface area contributed by atoms with Gasteiger partial charge in [0, 0.05) is 27.8 Å². The lowest BCUT2D eigenvalue weighted by molar-refractivity contribution is 1.17. The molecule has 0 radical (unpaired) electrons. The third kappa shape index (κ3) is 4.99. The molecule has 0 bridgehead atoms. The molecule has 1 heterocycles. The van der Waals surface area contributed by atoms with Gasteiger partial charge in [0.1, 0.15) is 0 Å². The normalized spacial score (nSPS) is 11.8. The van der Waals surface area contributed by atoms with Crippen molar-refractivity contribution in [3.63, 3.8) is 0 Å². The van der Waals surface area contributed by atoms with Gasteiger partial charge in [0.15, 0.2) is 0 Å².